The molecule has 7 nitrogen and oxygen atoms in total. The highest BCUT2D eigenvalue weighted by Crippen LogP contribution is 2.22. The summed E-state index contributed by atoms with van der Waals surface area (Å²) in [5.41, 5.74) is 1.00. The standard InChI is InChI=1S/C14H25N3O4S2/c1-12(23(20,21)15-10-5-11-17(2)3)13-6-8-14(9-7-13)16-22(4,18)19/h6-9,12,15-16H,5,10-11H2,1-4H3/t12-/m1/s1. The minimum Gasteiger partial charge on any atom is -0.309 e. The lowest BCUT2D eigenvalue weighted by Gasteiger charge is -2.16. The van der Waals surface area contributed by atoms with Crippen molar-refractivity contribution in [2.45, 2.75) is 18.6 Å². The molecule has 1 atom stereocenters. The monoisotopic (exact) mass is 363 g/mol. The van der Waals surface area contributed by atoms with E-state index in [0.29, 0.717) is 17.8 Å². The largest absolute Gasteiger partial charge is 0.309 e. The van der Waals surface area contributed by atoms with Crippen LogP contribution in [-0.4, -0.2) is 55.2 Å². The minimum atomic E-state index is -3.47. The molecule has 0 radical (unpaired) electrons. The number of hydrogen-bond donors (Lipinski definition) is 2. The zero-order chi connectivity index (χ0) is 17.7. The van der Waals surface area contributed by atoms with E-state index in [1.54, 1.807) is 31.2 Å². The summed E-state index contributed by atoms with van der Waals surface area (Å²) in [5, 5.41) is -0.714. The van der Waals surface area contributed by atoms with Gasteiger partial charge in [-0.15, -0.1) is 0 Å². The van der Waals surface area contributed by atoms with E-state index in [1.807, 2.05) is 19.0 Å². The number of nitrogens with one attached hydrogen (secondary N) is 2. The molecular weight excluding hydrogens is 338 g/mol. The van der Waals surface area contributed by atoms with Gasteiger partial charge in [-0.3, -0.25) is 4.72 Å². The van der Waals surface area contributed by atoms with Crippen molar-refractivity contribution in [3.63, 3.8) is 0 Å². The van der Waals surface area contributed by atoms with Gasteiger partial charge in [0.25, 0.3) is 0 Å². The number of sulfonamides is 2. The van der Waals surface area contributed by atoms with Gasteiger partial charge in [-0.1, -0.05) is 12.1 Å². The highest BCUT2D eigenvalue weighted by atomic mass is 32.2. The SMILES string of the molecule is C[C@H](c1ccc(NS(C)(=O)=O)cc1)S(=O)(=O)NCCCN(C)C. The van der Waals surface area contributed by atoms with Crippen molar-refractivity contribution < 1.29 is 16.8 Å². The third-order valence-electron chi connectivity index (χ3n) is 3.23. The Labute approximate surface area is 139 Å². The molecule has 0 spiro atoms. The zero-order valence-electron chi connectivity index (χ0n) is 13.9. The van der Waals surface area contributed by atoms with Crippen LogP contribution in [0.5, 0.6) is 0 Å². The Kier molecular flexibility index (Phi) is 7.00. The van der Waals surface area contributed by atoms with Crippen LogP contribution in [0.2, 0.25) is 0 Å². The van der Waals surface area contributed by atoms with Crippen LogP contribution < -0.4 is 9.44 Å². The predicted octanol–water partition coefficient (Wildman–Crippen LogP) is 0.990. The molecule has 0 saturated carbocycles. The van der Waals surface area contributed by atoms with Crippen molar-refractivity contribution in [3.05, 3.63) is 29.8 Å². The van der Waals surface area contributed by atoms with E-state index in [9.17, 15) is 16.8 Å². The fourth-order valence-electron chi connectivity index (χ4n) is 1.95. The molecule has 0 aliphatic heterocycles. The van der Waals surface area contributed by atoms with Gasteiger partial charge >= 0.3 is 0 Å². The van der Waals surface area contributed by atoms with Gasteiger partial charge in [-0.25, -0.2) is 21.6 Å². The second kappa shape index (κ2) is 8.09. The molecule has 0 aliphatic carbocycles. The summed E-state index contributed by atoms with van der Waals surface area (Å²) in [6, 6.07) is 6.32. The highest BCUT2D eigenvalue weighted by Gasteiger charge is 2.21. The Morgan fingerprint density at radius 1 is 1.09 bits per heavy atom. The summed E-state index contributed by atoms with van der Waals surface area (Å²) in [4.78, 5) is 1.99. The van der Waals surface area contributed by atoms with Crippen molar-refractivity contribution in [3.8, 4) is 0 Å². The van der Waals surface area contributed by atoms with Gasteiger partial charge in [-0.2, -0.15) is 0 Å². The second-order valence-electron chi connectivity index (χ2n) is 5.73. The Bertz CT molecular complexity index is 698. The fraction of sp³-hybridized carbons (Fsp3) is 0.571. The number of rotatable bonds is 9. The molecular formula is C14H25N3O4S2. The summed E-state index contributed by atoms with van der Waals surface area (Å²) >= 11 is 0. The van der Waals surface area contributed by atoms with E-state index in [2.05, 4.69) is 9.44 Å². The molecule has 132 valence electrons. The normalized spacial score (nSPS) is 14.0. The van der Waals surface area contributed by atoms with Crippen molar-refractivity contribution in [1.82, 2.24) is 9.62 Å². The van der Waals surface area contributed by atoms with Crippen LogP contribution in [0.25, 0.3) is 0 Å². The van der Waals surface area contributed by atoms with Crippen LogP contribution in [-0.2, 0) is 20.0 Å². The van der Waals surface area contributed by atoms with Gasteiger partial charge in [0.15, 0.2) is 0 Å². The molecule has 0 aromatic heterocycles. The third-order valence-corrected chi connectivity index (χ3v) is 5.65. The maximum Gasteiger partial charge on any atom is 0.229 e. The van der Waals surface area contributed by atoms with Gasteiger partial charge < -0.3 is 4.90 Å². The Balaban J connectivity index is 2.70. The van der Waals surface area contributed by atoms with Gasteiger partial charge in [0.2, 0.25) is 20.0 Å². The van der Waals surface area contributed by atoms with Crippen LogP contribution in [0.3, 0.4) is 0 Å². The van der Waals surface area contributed by atoms with E-state index in [1.165, 1.54) is 0 Å². The lowest BCUT2D eigenvalue weighted by atomic mass is 10.1. The first-order chi connectivity index (χ1) is 10.5. The lowest BCUT2D eigenvalue weighted by Crippen LogP contribution is -2.30. The maximum atomic E-state index is 12.3. The van der Waals surface area contributed by atoms with E-state index < -0.39 is 25.3 Å². The van der Waals surface area contributed by atoms with Crippen LogP contribution in [0, 0.1) is 0 Å². The van der Waals surface area contributed by atoms with Gasteiger partial charge in [-0.05, 0) is 51.7 Å². The summed E-state index contributed by atoms with van der Waals surface area (Å²) in [6.07, 6.45) is 1.79. The molecule has 1 aromatic rings. The molecule has 1 aromatic carbocycles. The lowest BCUT2D eigenvalue weighted by molar-refractivity contribution is 0.400. The predicted molar refractivity (Wildman–Crippen MR) is 93.4 cm³/mol. The van der Waals surface area contributed by atoms with Gasteiger partial charge in [0.05, 0.1) is 11.5 Å². The van der Waals surface area contributed by atoms with Gasteiger partial charge in [0.1, 0.15) is 0 Å². The molecule has 1 rings (SSSR count). The molecule has 0 bridgehead atoms. The van der Waals surface area contributed by atoms with E-state index in [0.717, 1.165) is 19.2 Å². The average Bonchev–Trinajstić information content (AvgIpc) is 2.42. The fourth-order valence-corrected chi connectivity index (χ4v) is 3.71. The van der Waals surface area contributed by atoms with Crippen LogP contribution >= 0.6 is 0 Å². The first kappa shape index (κ1) is 19.9. The Morgan fingerprint density at radius 3 is 2.13 bits per heavy atom. The van der Waals surface area contributed by atoms with Crippen LogP contribution in [0.4, 0.5) is 5.69 Å². The van der Waals surface area contributed by atoms with Crippen LogP contribution in [0.1, 0.15) is 24.2 Å². The van der Waals surface area contributed by atoms with E-state index in [-0.39, 0.29) is 0 Å². The smallest absolute Gasteiger partial charge is 0.229 e. The summed E-state index contributed by atoms with van der Waals surface area (Å²) in [5.74, 6) is 0. The molecule has 0 heterocycles. The van der Waals surface area contributed by atoms with Crippen molar-refractivity contribution in [1.29, 1.82) is 0 Å². The number of nitrogens with zero attached hydrogens (tertiary/aromatic N) is 1. The molecule has 23 heavy (non-hydrogen) atoms. The van der Waals surface area contributed by atoms with Crippen molar-refractivity contribution >= 4 is 25.7 Å². The molecule has 0 aliphatic rings. The Morgan fingerprint density at radius 2 is 1.65 bits per heavy atom. The minimum absolute atomic E-state index is 0.387. The number of anilines is 1. The van der Waals surface area contributed by atoms with E-state index in [4.69, 9.17) is 0 Å². The quantitative estimate of drug-likeness (QED) is 0.638. The highest BCUT2D eigenvalue weighted by molar-refractivity contribution is 7.92. The molecule has 9 heteroatoms. The third kappa shape index (κ3) is 7.30. The van der Waals surface area contributed by atoms with Crippen molar-refractivity contribution in [2.24, 2.45) is 0 Å². The molecule has 0 fully saturated rings. The topological polar surface area (TPSA) is 95.6 Å². The average molecular weight is 364 g/mol. The molecule has 0 unspecified atom stereocenters. The van der Waals surface area contributed by atoms with Crippen LogP contribution in [0.15, 0.2) is 24.3 Å². The number of hydrogen-bond acceptors (Lipinski definition) is 5. The second-order valence-corrected chi connectivity index (χ2v) is 9.57. The van der Waals surface area contributed by atoms with E-state index >= 15 is 0 Å². The summed E-state index contributed by atoms with van der Waals surface area (Å²) in [6.45, 7) is 2.80. The van der Waals surface area contributed by atoms with Gasteiger partial charge in [0, 0.05) is 12.2 Å². The molecule has 0 saturated heterocycles. The molecule has 2 N–H and O–H groups in total. The first-order valence-electron chi connectivity index (χ1n) is 7.22. The van der Waals surface area contributed by atoms with Crippen molar-refractivity contribution in [2.75, 3.05) is 38.2 Å². The molecule has 0 amide bonds. The Hall–Kier alpha value is -1.16. The zero-order valence-corrected chi connectivity index (χ0v) is 15.5. The summed E-state index contributed by atoms with van der Waals surface area (Å²) < 4.78 is 51.8. The first-order valence-corrected chi connectivity index (χ1v) is 10.7. The number of benzene rings is 1. The maximum absolute atomic E-state index is 12.3. The summed E-state index contributed by atoms with van der Waals surface area (Å²) in [7, 11) is -2.94.